The summed E-state index contributed by atoms with van der Waals surface area (Å²) < 4.78 is 10.8. The summed E-state index contributed by atoms with van der Waals surface area (Å²) >= 11 is 0. The van der Waals surface area contributed by atoms with Crippen LogP contribution in [-0.4, -0.2) is 19.2 Å². The molecule has 1 saturated carbocycles. The second-order valence-electron chi connectivity index (χ2n) is 5.75. The van der Waals surface area contributed by atoms with Crippen molar-refractivity contribution in [2.75, 3.05) is 12.8 Å². The maximum Gasteiger partial charge on any atom is 0.340 e. The minimum absolute atomic E-state index is 0.288. The van der Waals surface area contributed by atoms with Crippen molar-refractivity contribution in [2.24, 2.45) is 5.92 Å². The van der Waals surface area contributed by atoms with Gasteiger partial charge in [-0.1, -0.05) is 38.3 Å². The summed E-state index contributed by atoms with van der Waals surface area (Å²) in [6.07, 6.45) is 6.26. The van der Waals surface area contributed by atoms with Crippen LogP contribution in [0.1, 0.15) is 54.9 Å². The van der Waals surface area contributed by atoms with Crippen molar-refractivity contribution in [2.45, 2.75) is 51.7 Å². The highest BCUT2D eigenvalue weighted by molar-refractivity contribution is 5.96. The monoisotopic (exact) mass is 291 g/mol. The normalized spacial score (nSPS) is 22.0. The molecule has 1 fully saturated rings. The Hall–Kier alpha value is -1.55. The zero-order valence-electron chi connectivity index (χ0n) is 12.9. The van der Waals surface area contributed by atoms with Crippen molar-refractivity contribution < 1.29 is 14.3 Å². The van der Waals surface area contributed by atoms with E-state index in [0.717, 1.165) is 24.3 Å². The topological polar surface area (TPSA) is 61.5 Å². The van der Waals surface area contributed by atoms with E-state index in [1.165, 1.54) is 26.4 Å². The van der Waals surface area contributed by atoms with E-state index in [2.05, 4.69) is 6.92 Å². The molecule has 1 aromatic rings. The van der Waals surface area contributed by atoms with Gasteiger partial charge in [-0.25, -0.2) is 4.79 Å². The third kappa shape index (κ3) is 3.97. The summed E-state index contributed by atoms with van der Waals surface area (Å²) in [6, 6.07) is 5.43. The summed E-state index contributed by atoms with van der Waals surface area (Å²) in [5.41, 5.74) is 7.58. The molecule has 1 aliphatic rings. The number of benzene rings is 1. The Morgan fingerprint density at radius 3 is 2.90 bits per heavy atom. The van der Waals surface area contributed by atoms with Crippen LogP contribution >= 0.6 is 0 Å². The lowest BCUT2D eigenvalue weighted by Crippen LogP contribution is -2.23. The Balaban J connectivity index is 2.03. The molecular weight excluding hydrogens is 266 g/mol. The van der Waals surface area contributed by atoms with Gasteiger partial charge < -0.3 is 15.2 Å². The number of anilines is 1. The lowest BCUT2D eigenvalue weighted by Gasteiger charge is -2.28. The Morgan fingerprint density at radius 1 is 1.38 bits per heavy atom. The maximum atomic E-state index is 11.8. The van der Waals surface area contributed by atoms with E-state index in [-0.39, 0.29) is 6.10 Å². The van der Waals surface area contributed by atoms with Gasteiger partial charge in [0.15, 0.2) is 0 Å². The first kappa shape index (κ1) is 15.8. The minimum Gasteiger partial charge on any atom is -0.465 e. The molecule has 116 valence electrons. The molecule has 21 heavy (non-hydrogen) atoms. The van der Waals surface area contributed by atoms with E-state index < -0.39 is 5.97 Å². The van der Waals surface area contributed by atoms with Gasteiger partial charge in [-0.15, -0.1) is 0 Å². The molecule has 0 spiro atoms. The average Bonchev–Trinajstić information content (AvgIpc) is 2.52. The van der Waals surface area contributed by atoms with Crippen LogP contribution in [0.25, 0.3) is 0 Å². The molecule has 1 aliphatic carbocycles. The van der Waals surface area contributed by atoms with Crippen LogP contribution in [0.4, 0.5) is 5.69 Å². The van der Waals surface area contributed by atoms with Gasteiger partial charge in [-0.2, -0.15) is 0 Å². The highest BCUT2D eigenvalue weighted by Crippen LogP contribution is 2.29. The fraction of sp³-hybridized carbons (Fsp3) is 0.588. The van der Waals surface area contributed by atoms with Crippen LogP contribution in [0.5, 0.6) is 0 Å². The summed E-state index contributed by atoms with van der Waals surface area (Å²) in [6.45, 7) is 2.65. The maximum absolute atomic E-state index is 11.8. The second kappa shape index (κ2) is 7.46. The second-order valence-corrected chi connectivity index (χ2v) is 5.75. The standard InChI is InChI=1S/C17H25NO3/c1-3-12-6-4-8-14(10-12)21-11-13-7-5-9-15(18)16(13)17(19)20-2/h5,7,9,12,14H,3-4,6,8,10-11,18H2,1-2H3. The van der Waals surface area contributed by atoms with E-state index in [0.29, 0.717) is 17.9 Å². The third-order valence-corrected chi connectivity index (χ3v) is 4.36. The van der Waals surface area contributed by atoms with Crippen molar-refractivity contribution in [1.29, 1.82) is 0 Å². The van der Waals surface area contributed by atoms with Crippen LogP contribution < -0.4 is 5.73 Å². The number of nitrogen functional groups attached to an aromatic ring is 1. The number of nitrogens with two attached hydrogens (primary N) is 1. The summed E-state index contributed by atoms with van der Waals surface area (Å²) in [4.78, 5) is 11.8. The third-order valence-electron chi connectivity index (χ3n) is 4.36. The van der Waals surface area contributed by atoms with E-state index in [1.807, 2.05) is 12.1 Å². The number of rotatable bonds is 5. The van der Waals surface area contributed by atoms with Gasteiger partial charge >= 0.3 is 5.97 Å². The first-order valence-electron chi connectivity index (χ1n) is 7.73. The van der Waals surface area contributed by atoms with Crippen molar-refractivity contribution >= 4 is 11.7 Å². The predicted octanol–water partition coefficient (Wildman–Crippen LogP) is 3.54. The van der Waals surface area contributed by atoms with Crippen LogP contribution in [0.3, 0.4) is 0 Å². The summed E-state index contributed by atoms with van der Waals surface area (Å²) in [5, 5.41) is 0. The molecule has 0 aromatic heterocycles. The lowest BCUT2D eigenvalue weighted by atomic mass is 9.85. The molecule has 1 aromatic carbocycles. The van der Waals surface area contributed by atoms with Crippen molar-refractivity contribution in [3.05, 3.63) is 29.3 Å². The van der Waals surface area contributed by atoms with Crippen LogP contribution in [0, 0.1) is 5.92 Å². The van der Waals surface area contributed by atoms with Gasteiger partial charge in [-0.3, -0.25) is 0 Å². The summed E-state index contributed by atoms with van der Waals surface area (Å²) in [5.74, 6) is 0.367. The van der Waals surface area contributed by atoms with E-state index >= 15 is 0 Å². The van der Waals surface area contributed by atoms with Gasteiger partial charge in [-0.05, 0) is 30.4 Å². The number of carbonyl (C=O) groups excluding carboxylic acids is 1. The predicted molar refractivity (Wildman–Crippen MR) is 83.0 cm³/mol. The molecule has 0 radical (unpaired) electrons. The fourth-order valence-electron chi connectivity index (χ4n) is 3.06. The molecule has 0 amide bonds. The molecule has 0 bridgehead atoms. The molecule has 4 nitrogen and oxygen atoms in total. The van der Waals surface area contributed by atoms with Crippen LogP contribution in [0.15, 0.2) is 18.2 Å². The number of ether oxygens (including phenoxy) is 2. The molecule has 4 heteroatoms. The molecule has 2 unspecified atom stereocenters. The molecule has 0 saturated heterocycles. The largest absolute Gasteiger partial charge is 0.465 e. The molecule has 2 atom stereocenters. The SMILES string of the molecule is CCC1CCCC(OCc2cccc(N)c2C(=O)OC)C1. The number of esters is 1. The molecule has 0 heterocycles. The van der Waals surface area contributed by atoms with Gasteiger partial charge in [0, 0.05) is 5.69 Å². The summed E-state index contributed by atoms with van der Waals surface area (Å²) in [7, 11) is 1.37. The fourth-order valence-corrected chi connectivity index (χ4v) is 3.06. The smallest absolute Gasteiger partial charge is 0.340 e. The van der Waals surface area contributed by atoms with Crippen LogP contribution in [-0.2, 0) is 16.1 Å². The molecule has 2 N–H and O–H groups in total. The van der Waals surface area contributed by atoms with Gasteiger partial charge in [0.2, 0.25) is 0 Å². The molecule has 2 rings (SSSR count). The van der Waals surface area contributed by atoms with E-state index in [1.54, 1.807) is 6.07 Å². The van der Waals surface area contributed by atoms with Gasteiger partial charge in [0.1, 0.15) is 0 Å². The number of hydrogen-bond donors (Lipinski definition) is 1. The number of carbonyl (C=O) groups is 1. The highest BCUT2D eigenvalue weighted by atomic mass is 16.5. The zero-order valence-corrected chi connectivity index (χ0v) is 12.9. The first-order valence-corrected chi connectivity index (χ1v) is 7.73. The quantitative estimate of drug-likeness (QED) is 0.666. The van der Waals surface area contributed by atoms with Crippen LogP contribution in [0.2, 0.25) is 0 Å². The Labute approximate surface area is 126 Å². The van der Waals surface area contributed by atoms with E-state index in [4.69, 9.17) is 15.2 Å². The van der Waals surface area contributed by atoms with Gasteiger partial charge in [0.25, 0.3) is 0 Å². The zero-order chi connectivity index (χ0) is 15.2. The van der Waals surface area contributed by atoms with Crippen molar-refractivity contribution in [3.63, 3.8) is 0 Å². The Kier molecular flexibility index (Phi) is 5.62. The highest BCUT2D eigenvalue weighted by Gasteiger charge is 2.22. The Bertz CT molecular complexity index is 487. The number of hydrogen-bond acceptors (Lipinski definition) is 4. The molecule has 0 aliphatic heterocycles. The minimum atomic E-state index is -0.401. The Morgan fingerprint density at radius 2 is 2.19 bits per heavy atom. The lowest BCUT2D eigenvalue weighted by molar-refractivity contribution is 0.00120. The number of methoxy groups -OCH3 is 1. The van der Waals surface area contributed by atoms with Crippen molar-refractivity contribution in [1.82, 2.24) is 0 Å². The van der Waals surface area contributed by atoms with Gasteiger partial charge in [0.05, 0.1) is 25.4 Å². The first-order chi connectivity index (χ1) is 10.2. The van der Waals surface area contributed by atoms with E-state index in [9.17, 15) is 4.79 Å². The van der Waals surface area contributed by atoms with Crippen molar-refractivity contribution in [3.8, 4) is 0 Å². The molecular formula is C17H25NO3. The average molecular weight is 291 g/mol.